The highest BCUT2D eigenvalue weighted by molar-refractivity contribution is 9.10. The Morgan fingerprint density at radius 2 is 2.17 bits per heavy atom. The fourth-order valence-electron chi connectivity index (χ4n) is 1.88. The molecule has 18 heavy (non-hydrogen) atoms. The van der Waals surface area contributed by atoms with Gasteiger partial charge in [0.05, 0.1) is 25.0 Å². The zero-order valence-corrected chi connectivity index (χ0v) is 11.7. The van der Waals surface area contributed by atoms with Crippen molar-refractivity contribution >= 4 is 39.2 Å². The molecule has 5 nitrogen and oxygen atoms in total. The van der Waals surface area contributed by atoms with Crippen LogP contribution in [-0.4, -0.2) is 39.1 Å². The summed E-state index contributed by atoms with van der Waals surface area (Å²) in [7, 11) is 3.06. The minimum absolute atomic E-state index is 0.0475. The lowest BCUT2D eigenvalue weighted by atomic mass is 10.1. The smallest absolute Gasteiger partial charge is 0.325 e. The van der Waals surface area contributed by atoms with Crippen molar-refractivity contribution in [3.8, 4) is 0 Å². The van der Waals surface area contributed by atoms with Crippen LogP contribution in [-0.2, 0) is 14.3 Å². The van der Waals surface area contributed by atoms with Gasteiger partial charge in [0.2, 0.25) is 5.91 Å². The molecule has 0 saturated carbocycles. The molecule has 1 aliphatic rings. The van der Waals surface area contributed by atoms with E-state index < -0.39 is 0 Å². The van der Waals surface area contributed by atoms with E-state index in [9.17, 15) is 9.59 Å². The van der Waals surface area contributed by atoms with Gasteiger partial charge >= 0.3 is 5.97 Å². The molecule has 0 aliphatic carbocycles. The molecule has 0 radical (unpaired) electrons. The molecule has 96 valence electrons. The fraction of sp³-hybridized carbons (Fsp3) is 0.333. The first-order valence-corrected chi connectivity index (χ1v) is 6.20. The molecule has 0 unspecified atom stereocenters. The number of carbonyl (C=O) groups is 2. The molecular weight excluding hydrogens is 300 g/mol. The van der Waals surface area contributed by atoms with Gasteiger partial charge in [-0.25, -0.2) is 0 Å². The van der Waals surface area contributed by atoms with Gasteiger partial charge in [-0.2, -0.15) is 0 Å². The standard InChI is InChI=1S/C12H13BrN2O3/c1-14-9-4-3-8(13)5-10(9)15(6-11(14)16)7-12(17)18-2/h3-5H,6-7H2,1-2H3. The fourth-order valence-corrected chi connectivity index (χ4v) is 2.23. The van der Waals surface area contributed by atoms with Gasteiger partial charge in [0.1, 0.15) is 6.54 Å². The zero-order valence-electron chi connectivity index (χ0n) is 10.1. The Morgan fingerprint density at radius 3 is 2.83 bits per heavy atom. The van der Waals surface area contributed by atoms with Gasteiger partial charge < -0.3 is 14.5 Å². The van der Waals surface area contributed by atoms with Crippen molar-refractivity contribution in [2.45, 2.75) is 0 Å². The van der Waals surface area contributed by atoms with Crippen LogP contribution in [0.25, 0.3) is 0 Å². The molecule has 6 heteroatoms. The van der Waals surface area contributed by atoms with Crippen molar-refractivity contribution in [1.29, 1.82) is 0 Å². The molecule has 0 bridgehead atoms. The Bertz CT molecular complexity index is 504. The number of ether oxygens (including phenoxy) is 1. The van der Waals surface area contributed by atoms with E-state index in [1.54, 1.807) is 16.8 Å². The number of carbonyl (C=O) groups excluding carboxylic acids is 2. The summed E-state index contributed by atoms with van der Waals surface area (Å²) >= 11 is 3.39. The quantitative estimate of drug-likeness (QED) is 0.775. The van der Waals surface area contributed by atoms with Gasteiger partial charge in [-0.05, 0) is 18.2 Å². The topological polar surface area (TPSA) is 49.9 Å². The van der Waals surface area contributed by atoms with Gasteiger partial charge in [-0.15, -0.1) is 0 Å². The van der Waals surface area contributed by atoms with E-state index in [2.05, 4.69) is 20.7 Å². The summed E-state index contributed by atoms with van der Waals surface area (Å²) in [5.41, 5.74) is 1.63. The van der Waals surface area contributed by atoms with Crippen LogP contribution < -0.4 is 9.80 Å². The van der Waals surface area contributed by atoms with Crippen molar-refractivity contribution in [1.82, 2.24) is 0 Å². The minimum Gasteiger partial charge on any atom is -0.468 e. The monoisotopic (exact) mass is 312 g/mol. The second-order valence-electron chi connectivity index (χ2n) is 4.02. The number of anilines is 2. The van der Waals surface area contributed by atoms with Crippen LogP contribution in [0.2, 0.25) is 0 Å². The third-order valence-corrected chi connectivity index (χ3v) is 3.38. The van der Waals surface area contributed by atoms with E-state index in [0.29, 0.717) is 0 Å². The third-order valence-electron chi connectivity index (χ3n) is 2.89. The molecule has 1 heterocycles. The SMILES string of the molecule is COC(=O)CN1CC(=O)N(C)c2ccc(Br)cc21. The minimum atomic E-state index is -0.363. The summed E-state index contributed by atoms with van der Waals surface area (Å²) in [5.74, 6) is -0.410. The first kappa shape index (κ1) is 12.9. The third kappa shape index (κ3) is 2.33. The Balaban J connectivity index is 2.39. The van der Waals surface area contributed by atoms with E-state index in [-0.39, 0.29) is 25.0 Å². The largest absolute Gasteiger partial charge is 0.468 e. The number of rotatable bonds is 2. The second kappa shape index (κ2) is 4.97. The lowest BCUT2D eigenvalue weighted by Crippen LogP contribution is -2.45. The van der Waals surface area contributed by atoms with Crippen LogP contribution in [0.15, 0.2) is 22.7 Å². The van der Waals surface area contributed by atoms with E-state index >= 15 is 0 Å². The molecule has 0 fully saturated rings. The van der Waals surface area contributed by atoms with Gasteiger partial charge in [0.15, 0.2) is 0 Å². The summed E-state index contributed by atoms with van der Waals surface area (Å²) in [6.45, 7) is 0.245. The highest BCUT2D eigenvalue weighted by Gasteiger charge is 2.28. The number of benzene rings is 1. The molecule has 0 N–H and O–H groups in total. The summed E-state index contributed by atoms with van der Waals surface area (Å²) in [5, 5.41) is 0. The molecule has 1 aliphatic heterocycles. The van der Waals surface area contributed by atoms with Gasteiger partial charge in [0.25, 0.3) is 0 Å². The number of nitrogens with zero attached hydrogens (tertiary/aromatic N) is 2. The molecule has 0 saturated heterocycles. The summed E-state index contributed by atoms with van der Waals surface area (Å²) in [6, 6.07) is 5.60. The van der Waals surface area contributed by atoms with Crippen LogP contribution in [0.5, 0.6) is 0 Å². The lowest BCUT2D eigenvalue weighted by molar-refractivity contribution is -0.138. The number of methoxy groups -OCH3 is 1. The van der Waals surface area contributed by atoms with E-state index in [4.69, 9.17) is 0 Å². The van der Waals surface area contributed by atoms with Crippen molar-refractivity contribution in [3.05, 3.63) is 22.7 Å². The van der Waals surface area contributed by atoms with Crippen LogP contribution in [0.3, 0.4) is 0 Å². The lowest BCUT2D eigenvalue weighted by Gasteiger charge is -2.34. The molecule has 1 aromatic rings. The maximum atomic E-state index is 11.8. The van der Waals surface area contributed by atoms with Crippen LogP contribution >= 0.6 is 15.9 Å². The normalized spacial score (nSPS) is 14.5. The average molecular weight is 313 g/mol. The summed E-state index contributed by atoms with van der Waals surface area (Å²) in [6.07, 6.45) is 0. The molecule has 0 spiro atoms. The Hall–Kier alpha value is -1.56. The van der Waals surface area contributed by atoms with Gasteiger partial charge in [0, 0.05) is 11.5 Å². The number of halogens is 1. The first-order chi connectivity index (χ1) is 8.52. The van der Waals surface area contributed by atoms with Gasteiger partial charge in [-0.3, -0.25) is 9.59 Å². The number of hydrogen-bond acceptors (Lipinski definition) is 4. The van der Waals surface area contributed by atoms with Crippen molar-refractivity contribution in [2.24, 2.45) is 0 Å². The second-order valence-corrected chi connectivity index (χ2v) is 4.93. The number of esters is 1. The maximum Gasteiger partial charge on any atom is 0.325 e. The van der Waals surface area contributed by atoms with Crippen molar-refractivity contribution in [3.63, 3.8) is 0 Å². The number of fused-ring (bicyclic) bond motifs is 1. The van der Waals surface area contributed by atoms with Crippen molar-refractivity contribution in [2.75, 3.05) is 37.0 Å². The van der Waals surface area contributed by atoms with E-state index in [1.165, 1.54) is 7.11 Å². The number of likely N-dealkylation sites (N-methyl/N-ethyl adjacent to an activating group) is 1. The molecule has 2 rings (SSSR count). The van der Waals surface area contributed by atoms with E-state index in [0.717, 1.165) is 15.8 Å². The Kier molecular flexibility index (Phi) is 3.56. The predicted molar refractivity (Wildman–Crippen MR) is 71.8 cm³/mol. The van der Waals surface area contributed by atoms with Gasteiger partial charge in [-0.1, -0.05) is 15.9 Å². The van der Waals surface area contributed by atoms with Crippen LogP contribution in [0.1, 0.15) is 0 Å². The first-order valence-electron chi connectivity index (χ1n) is 5.41. The predicted octanol–water partition coefficient (Wildman–Crippen LogP) is 1.40. The highest BCUT2D eigenvalue weighted by Crippen LogP contribution is 2.34. The molecule has 1 amide bonds. The maximum absolute atomic E-state index is 11.8. The molecule has 1 aromatic carbocycles. The summed E-state index contributed by atoms with van der Waals surface area (Å²) < 4.78 is 5.54. The Morgan fingerprint density at radius 1 is 1.44 bits per heavy atom. The summed E-state index contributed by atoms with van der Waals surface area (Å²) in [4.78, 5) is 26.5. The van der Waals surface area contributed by atoms with Crippen LogP contribution in [0, 0.1) is 0 Å². The zero-order chi connectivity index (χ0) is 13.3. The molecule has 0 atom stereocenters. The highest BCUT2D eigenvalue weighted by atomic mass is 79.9. The number of hydrogen-bond donors (Lipinski definition) is 0. The molecular formula is C12H13BrN2O3. The van der Waals surface area contributed by atoms with Crippen LogP contribution in [0.4, 0.5) is 11.4 Å². The van der Waals surface area contributed by atoms with Crippen molar-refractivity contribution < 1.29 is 14.3 Å². The average Bonchev–Trinajstić information content (AvgIpc) is 2.35. The van der Waals surface area contributed by atoms with E-state index in [1.807, 2.05) is 18.2 Å². The molecule has 0 aromatic heterocycles. The number of amides is 1. The Labute approximate surface area is 113 Å².